The van der Waals surface area contributed by atoms with Crippen LogP contribution in [-0.4, -0.2) is 18.5 Å². The molecule has 0 saturated carbocycles. The zero-order chi connectivity index (χ0) is 10.2. The summed E-state index contributed by atoms with van der Waals surface area (Å²) in [5.41, 5.74) is 0. The number of rotatable bonds is 3. The van der Waals surface area contributed by atoms with Crippen LogP contribution in [0.4, 0.5) is 21.4 Å². The minimum absolute atomic E-state index is 0.0801. The van der Waals surface area contributed by atoms with E-state index in [0.717, 1.165) is 0 Å². The first-order chi connectivity index (χ1) is 4.96. The van der Waals surface area contributed by atoms with Crippen molar-refractivity contribution in [3.05, 3.63) is 0 Å². The molecule has 0 heterocycles. The molecule has 12 heavy (non-hydrogen) atoms. The molecule has 0 atom stereocenters. The highest BCUT2D eigenvalue weighted by molar-refractivity contribution is 14.1. The second-order valence-corrected chi connectivity index (χ2v) is 3.80. The predicted octanol–water partition coefficient (Wildman–Crippen LogP) is 1.84. The van der Waals surface area contributed by atoms with E-state index in [1.54, 1.807) is 0 Å². The molecule has 0 aliphatic heterocycles. The molecular formula is C2F5IO3S. The molecule has 0 rings (SSSR count). The molecule has 0 aromatic heterocycles. The highest BCUT2D eigenvalue weighted by Gasteiger charge is 2.59. The Kier molecular flexibility index (Phi) is 3.29. The van der Waals surface area contributed by atoms with Crippen LogP contribution >= 0.6 is 22.6 Å². The van der Waals surface area contributed by atoms with E-state index in [1.165, 1.54) is 0 Å². The monoisotopic (exact) mass is 326 g/mol. The van der Waals surface area contributed by atoms with Crippen LogP contribution in [-0.2, 0) is 14.7 Å². The first-order valence-electron chi connectivity index (χ1n) is 2.05. The maximum absolute atomic E-state index is 11.8. The molecule has 10 heteroatoms. The summed E-state index contributed by atoms with van der Waals surface area (Å²) in [4.78, 5) is 0. The van der Waals surface area contributed by atoms with Gasteiger partial charge in [-0.05, 0) is 0 Å². The van der Waals surface area contributed by atoms with Crippen molar-refractivity contribution in [2.75, 3.05) is 0 Å². The van der Waals surface area contributed by atoms with Crippen molar-refractivity contribution in [1.82, 2.24) is 0 Å². The third-order valence-electron chi connectivity index (χ3n) is 0.534. The smallest absolute Gasteiger partial charge is 0.185 e. The second-order valence-electron chi connectivity index (χ2n) is 1.49. The fourth-order valence-corrected chi connectivity index (χ4v) is 0.786. The van der Waals surface area contributed by atoms with E-state index in [4.69, 9.17) is 0 Å². The standard InChI is InChI=1S/C2F5IO3S/c3-1(4,8)2(5,6)11-12(7,9)10. The van der Waals surface area contributed by atoms with Crippen LogP contribution in [0.3, 0.4) is 0 Å². The Morgan fingerprint density at radius 1 is 1.17 bits per heavy atom. The van der Waals surface area contributed by atoms with Gasteiger partial charge in [-0.15, -0.1) is 0 Å². The van der Waals surface area contributed by atoms with E-state index < -0.39 is 20.5 Å². The molecule has 0 aliphatic rings. The summed E-state index contributed by atoms with van der Waals surface area (Å²) < 4.78 is 74.6. The van der Waals surface area contributed by atoms with Gasteiger partial charge in [-0.2, -0.15) is 30.2 Å². The Morgan fingerprint density at radius 2 is 1.50 bits per heavy atom. The topological polar surface area (TPSA) is 43.4 Å². The van der Waals surface area contributed by atoms with Gasteiger partial charge in [-0.1, -0.05) is 3.89 Å². The van der Waals surface area contributed by atoms with E-state index in [2.05, 4.69) is 4.18 Å². The van der Waals surface area contributed by atoms with Crippen molar-refractivity contribution in [2.45, 2.75) is 10.0 Å². The molecule has 0 bridgehead atoms. The van der Waals surface area contributed by atoms with Gasteiger partial charge in [0.1, 0.15) is 0 Å². The number of hydrogen-bond donors (Lipinski definition) is 0. The molecule has 0 aromatic carbocycles. The lowest BCUT2D eigenvalue weighted by Crippen LogP contribution is -2.38. The summed E-state index contributed by atoms with van der Waals surface area (Å²) in [6, 6.07) is 0. The van der Waals surface area contributed by atoms with Gasteiger partial charge in [-0.3, -0.25) is 0 Å². The third kappa shape index (κ3) is 3.80. The molecule has 3 nitrogen and oxygen atoms in total. The summed E-state index contributed by atoms with van der Waals surface area (Å²) in [5.74, 6) is 0. The first-order valence-corrected chi connectivity index (χ1v) is 4.44. The summed E-state index contributed by atoms with van der Waals surface area (Å²) in [7, 11) is -6.10. The second kappa shape index (κ2) is 3.21. The lowest BCUT2D eigenvalue weighted by atomic mass is 10.7. The fourth-order valence-electron chi connectivity index (χ4n) is 0.172. The van der Waals surface area contributed by atoms with Gasteiger partial charge in [0.15, 0.2) is 0 Å². The van der Waals surface area contributed by atoms with Crippen molar-refractivity contribution < 1.29 is 34.0 Å². The summed E-state index contributed by atoms with van der Waals surface area (Å²) in [6.45, 7) is 0. The van der Waals surface area contributed by atoms with Gasteiger partial charge < -0.3 is 0 Å². The molecular weight excluding hydrogens is 326 g/mol. The van der Waals surface area contributed by atoms with E-state index in [0.29, 0.717) is 0 Å². The van der Waals surface area contributed by atoms with Crippen LogP contribution in [0.2, 0.25) is 0 Å². The van der Waals surface area contributed by atoms with Crippen LogP contribution in [0.25, 0.3) is 0 Å². The minimum Gasteiger partial charge on any atom is -0.185 e. The number of alkyl halides is 5. The molecule has 0 aromatic rings. The molecule has 0 N–H and O–H groups in total. The molecule has 0 fully saturated rings. The van der Waals surface area contributed by atoms with Crippen LogP contribution in [0.1, 0.15) is 0 Å². The Bertz CT molecular complexity index is 254. The quantitative estimate of drug-likeness (QED) is 0.344. The molecule has 0 amide bonds. The summed E-state index contributed by atoms with van der Waals surface area (Å²) >= 11 is -0.0801. The maximum Gasteiger partial charge on any atom is 0.445 e. The maximum atomic E-state index is 11.8. The van der Waals surface area contributed by atoms with Gasteiger partial charge in [0.2, 0.25) is 0 Å². The van der Waals surface area contributed by atoms with Crippen molar-refractivity contribution in [2.24, 2.45) is 0 Å². The van der Waals surface area contributed by atoms with Crippen molar-refractivity contribution >= 4 is 33.1 Å². The lowest BCUT2D eigenvalue weighted by molar-refractivity contribution is -0.260. The van der Waals surface area contributed by atoms with Crippen molar-refractivity contribution in [3.8, 4) is 0 Å². The molecule has 0 aliphatic carbocycles. The van der Waals surface area contributed by atoms with E-state index in [-0.39, 0.29) is 22.6 Å². The van der Waals surface area contributed by atoms with Crippen LogP contribution in [0.5, 0.6) is 0 Å². The van der Waals surface area contributed by atoms with Crippen LogP contribution < -0.4 is 0 Å². The molecule has 0 spiro atoms. The third-order valence-corrected chi connectivity index (χ3v) is 1.57. The predicted molar refractivity (Wildman–Crippen MR) is 35.0 cm³/mol. The first kappa shape index (κ1) is 12.3. The normalized spacial score (nSPS) is 14.8. The average Bonchev–Trinajstić information content (AvgIpc) is 1.52. The lowest BCUT2D eigenvalue weighted by Gasteiger charge is -2.17. The molecule has 0 unspecified atom stereocenters. The van der Waals surface area contributed by atoms with Crippen molar-refractivity contribution in [1.29, 1.82) is 0 Å². The number of hydrogen-bond acceptors (Lipinski definition) is 3. The Morgan fingerprint density at radius 3 is 1.58 bits per heavy atom. The molecule has 0 saturated heterocycles. The Hall–Kier alpha value is 0.290. The summed E-state index contributed by atoms with van der Waals surface area (Å²) in [5, 5.41) is 0. The molecule has 74 valence electrons. The van der Waals surface area contributed by atoms with Crippen LogP contribution in [0.15, 0.2) is 0 Å². The van der Waals surface area contributed by atoms with Gasteiger partial charge in [0.25, 0.3) is 0 Å². The van der Waals surface area contributed by atoms with Gasteiger partial charge in [0.05, 0.1) is 0 Å². The van der Waals surface area contributed by atoms with E-state index in [1.807, 2.05) is 0 Å². The highest BCUT2D eigenvalue weighted by atomic mass is 127. The zero-order valence-electron chi connectivity index (χ0n) is 4.90. The minimum atomic E-state index is -6.10. The summed E-state index contributed by atoms with van der Waals surface area (Å²) in [6.07, 6.45) is -5.39. The fraction of sp³-hybridized carbons (Fsp3) is 1.00. The van der Waals surface area contributed by atoms with E-state index >= 15 is 0 Å². The zero-order valence-corrected chi connectivity index (χ0v) is 7.87. The highest BCUT2D eigenvalue weighted by Crippen LogP contribution is 2.41. The number of halogens is 6. The van der Waals surface area contributed by atoms with E-state index in [9.17, 15) is 29.9 Å². The van der Waals surface area contributed by atoms with Crippen molar-refractivity contribution in [3.63, 3.8) is 0 Å². The Balaban J connectivity index is 4.67. The van der Waals surface area contributed by atoms with Crippen LogP contribution in [0, 0.1) is 0 Å². The SMILES string of the molecule is O=S(=O)(F)OC(F)(F)C(F)(F)I. The Labute approximate surface area is 77.4 Å². The average molecular weight is 326 g/mol. The van der Waals surface area contributed by atoms with Gasteiger partial charge in [0, 0.05) is 22.6 Å². The molecule has 0 radical (unpaired) electrons. The van der Waals surface area contributed by atoms with Gasteiger partial charge >= 0.3 is 20.5 Å². The van der Waals surface area contributed by atoms with Gasteiger partial charge in [-0.25, -0.2) is 0 Å². The largest absolute Gasteiger partial charge is 0.445 e.